The van der Waals surface area contributed by atoms with E-state index in [0.717, 1.165) is 40.6 Å². The number of likely N-dealkylation sites (tertiary alicyclic amines) is 1. The summed E-state index contributed by atoms with van der Waals surface area (Å²) in [6, 6.07) is 17.4. The highest BCUT2D eigenvalue weighted by atomic mass is 79.9. The topological polar surface area (TPSA) is 75.7 Å². The van der Waals surface area contributed by atoms with Gasteiger partial charge >= 0.3 is 5.97 Å². The number of hydrogen-bond donors (Lipinski definition) is 1. The first-order chi connectivity index (χ1) is 16.0. The third-order valence-corrected chi connectivity index (χ3v) is 8.46. The second-order valence-corrected chi connectivity index (χ2v) is 10.9. The Morgan fingerprint density at radius 2 is 1.67 bits per heavy atom. The van der Waals surface area contributed by atoms with E-state index in [-0.39, 0.29) is 35.8 Å². The minimum absolute atomic E-state index is 0.0771. The fourth-order valence-corrected chi connectivity index (χ4v) is 6.20. The van der Waals surface area contributed by atoms with Gasteiger partial charge in [0.05, 0.1) is 24.0 Å². The van der Waals surface area contributed by atoms with Crippen LogP contribution in [0.1, 0.15) is 43.7 Å². The van der Waals surface area contributed by atoms with Gasteiger partial charge in [-0.1, -0.05) is 46.3 Å². The van der Waals surface area contributed by atoms with Gasteiger partial charge in [0.25, 0.3) is 0 Å². The summed E-state index contributed by atoms with van der Waals surface area (Å²) in [5.41, 5.74) is 1.05. The van der Waals surface area contributed by atoms with E-state index in [4.69, 9.17) is 4.74 Å². The van der Waals surface area contributed by atoms with Crippen LogP contribution >= 0.6 is 15.9 Å². The van der Waals surface area contributed by atoms with Gasteiger partial charge in [0.15, 0.2) is 0 Å². The number of rotatable bonds is 6. The number of esters is 1. The van der Waals surface area contributed by atoms with E-state index in [9.17, 15) is 13.8 Å². The summed E-state index contributed by atoms with van der Waals surface area (Å²) in [4.78, 5) is 28.4. The van der Waals surface area contributed by atoms with Crippen LogP contribution in [0.2, 0.25) is 0 Å². The first-order valence-electron chi connectivity index (χ1n) is 11.3. The summed E-state index contributed by atoms with van der Waals surface area (Å²) in [5, 5.41) is 0. The third kappa shape index (κ3) is 5.73. The number of halogens is 1. The van der Waals surface area contributed by atoms with Crippen molar-refractivity contribution in [1.29, 1.82) is 0 Å². The second kappa shape index (κ2) is 10.9. The van der Waals surface area contributed by atoms with Gasteiger partial charge in [-0.25, -0.2) is 8.93 Å². The van der Waals surface area contributed by atoms with Gasteiger partial charge in [-0.05, 0) is 61.9 Å². The summed E-state index contributed by atoms with van der Waals surface area (Å²) in [6.45, 7) is 0.400. The molecule has 3 unspecified atom stereocenters. The zero-order valence-corrected chi connectivity index (χ0v) is 21.0. The van der Waals surface area contributed by atoms with Crippen LogP contribution in [0.3, 0.4) is 0 Å². The zero-order valence-electron chi connectivity index (χ0n) is 18.6. The van der Waals surface area contributed by atoms with Crippen molar-refractivity contribution in [2.45, 2.75) is 49.1 Å². The molecule has 176 valence electrons. The highest BCUT2D eigenvalue weighted by molar-refractivity contribution is 9.10. The molecule has 2 fully saturated rings. The van der Waals surface area contributed by atoms with Gasteiger partial charge in [-0.3, -0.25) is 9.59 Å². The lowest BCUT2D eigenvalue weighted by Gasteiger charge is -2.33. The molecule has 8 heteroatoms. The molecule has 2 aromatic rings. The molecule has 2 aliphatic rings. The van der Waals surface area contributed by atoms with E-state index in [1.54, 1.807) is 0 Å². The third-order valence-electron chi connectivity index (χ3n) is 6.68. The number of carbonyl (C=O) groups is 2. The van der Waals surface area contributed by atoms with Gasteiger partial charge in [0.1, 0.15) is 11.0 Å². The normalized spacial score (nSPS) is 26.1. The molecule has 1 amide bonds. The predicted molar refractivity (Wildman–Crippen MR) is 130 cm³/mol. The van der Waals surface area contributed by atoms with Crippen molar-refractivity contribution in [3.8, 4) is 0 Å². The quantitative estimate of drug-likeness (QED) is 0.560. The highest BCUT2D eigenvalue weighted by Gasteiger charge is 2.42. The number of benzene rings is 2. The Morgan fingerprint density at radius 1 is 1.00 bits per heavy atom. The maximum absolute atomic E-state index is 13.5. The molecule has 1 aliphatic carbocycles. The van der Waals surface area contributed by atoms with Crippen LogP contribution in [0.4, 0.5) is 0 Å². The second-order valence-electron chi connectivity index (χ2n) is 8.76. The molecule has 0 aromatic heterocycles. The molecule has 1 heterocycles. The Hall–Kier alpha value is -2.03. The van der Waals surface area contributed by atoms with Gasteiger partial charge in [-0.2, -0.15) is 0 Å². The van der Waals surface area contributed by atoms with E-state index >= 15 is 0 Å². The lowest BCUT2D eigenvalue weighted by atomic mass is 9.85. The molecular formula is C25H29BrN2O4S. The molecule has 4 rings (SSSR count). The molecule has 0 spiro atoms. The van der Waals surface area contributed by atoms with Crippen LogP contribution in [-0.4, -0.2) is 40.7 Å². The van der Waals surface area contributed by atoms with Gasteiger partial charge in [0.2, 0.25) is 5.91 Å². The van der Waals surface area contributed by atoms with Gasteiger partial charge in [-0.15, -0.1) is 0 Å². The van der Waals surface area contributed by atoms with Crippen molar-refractivity contribution in [2.24, 2.45) is 11.8 Å². The Labute approximate surface area is 205 Å². The standard InChI is InChI=1S/C25H29BrN2O4S/c1-32-25(30)19-15-23(17-5-3-2-4-6-17)28(16-19)24(29)18-7-11-21(12-8-18)27-33(31)22-13-9-20(26)10-14-22/h2-6,9-10,13-14,18-19,21,23,27H,7-8,11-12,15-16H2,1H3. The van der Waals surface area contributed by atoms with Crippen LogP contribution in [0.15, 0.2) is 64.0 Å². The lowest BCUT2D eigenvalue weighted by molar-refractivity contribution is -0.145. The fraction of sp³-hybridized carbons (Fsp3) is 0.440. The maximum atomic E-state index is 13.5. The monoisotopic (exact) mass is 532 g/mol. The summed E-state index contributed by atoms with van der Waals surface area (Å²) >= 11 is 3.39. The van der Waals surface area contributed by atoms with Crippen molar-refractivity contribution in [2.75, 3.05) is 13.7 Å². The lowest BCUT2D eigenvalue weighted by Crippen LogP contribution is -2.41. The summed E-state index contributed by atoms with van der Waals surface area (Å²) in [7, 11) is 0.127. The molecule has 2 aromatic carbocycles. The zero-order chi connectivity index (χ0) is 23.4. The largest absolute Gasteiger partial charge is 0.469 e. The molecule has 33 heavy (non-hydrogen) atoms. The number of carbonyl (C=O) groups excluding carboxylic acids is 2. The molecule has 1 aliphatic heterocycles. The van der Waals surface area contributed by atoms with E-state index in [1.807, 2.05) is 59.5 Å². The molecular weight excluding hydrogens is 504 g/mol. The number of ether oxygens (including phenoxy) is 1. The van der Waals surface area contributed by atoms with E-state index in [1.165, 1.54) is 7.11 Å². The maximum Gasteiger partial charge on any atom is 0.310 e. The van der Waals surface area contributed by atoms with Crippen molar-refractivity contribution in [3.63, 3.8) is 0 Å². The summed E-state index contributed by atoms with van der Waals surface area (Å²) in [6.07, 6.45) is 3.67. The molecule has 6 nitrogen and oxygen atoms in total. The Bertz CT molecular complexity index is 993. The minimum atomic E-state index is -1.27. The summed E-state index contributed by atoms with van der Waals surface area (Å²) < 4.78 is 21.8. The number of hydrogen-bond acceptors (Lipinski definition) is 4. The van der Waals surface area contributed by atoms with Crippen molar-refractivity contribution in [1.82, 2.24) is 9.62 Å². The highest BCUT2D eigenvalue weighted by Crippen LogP contribution is 2.39. The molecule has 1 saturated carbocycles. The van der Waals surface area contributed by atoms with Crippen LogP contribution in [-0.2, 0) is 25.3 Å². The summed E-state index contributed by atoms with van der Waals surface area (Å²) in [5.74, 6) is -0.514. The van der Waals surface area contributed by atoms with Crippen molar-refractivity contribution in [3.05, 3.63) is 64.6 Å². The first kappa shape index (κ1) is 24.1. The Morgan fingerprint density at radius 3 is 2.30 bits per heavy atom. The minimum Gasteiger partial charge on any atom is -0.469 e. The van der Waals surface area contributed by atoms with Crippen molar-refractivity contribution >= 4 is 38.8 Å². The van der Waals surface area contributed by atoms with Gasteiger partial charge in [0, 0.05) is 23.0 Å². The average Bonchev–Trinajstić information content (AvgIpc) is 3.30. The van der Waals surface area contributed by atoms with Gasteiger partial charge < -0.3 is 9.64 Å². The van der Waals surface area contributed by atoms with E-state index < -0.39 is 11.0 Å². The predicted octanol–water partition coefficient (Wildman–Crippen LogP) is 4.38. The molecule has 0 radical (unpaired) electrons. The van der Waals surface area contributed by atoms with Crippen LogP contribution in [0.5, 0.6) is 0 Å². The number of nitrogens with zero attached hydrogens (tertiary/aromatic N) is 1. The Balaban J connectivity index is 1.38. The fourth-order valence-electron chi connectivity index (χ4n) is 4.88. The van der Waals surface area contributed by atoms with Crippen LogP contribution < -0.4 is 4.72 Å². The first-order valence-corrected chi connectivity index (χ1v) is 13.3. The van der Waals surface area contributed by atoms with Crippen molar-refractivity contribution < 1.29 is 18.5 Å². The number of methoxy groups -OCH3 is 1. The number of nitrogens with one attached hydrogen (secondary N) is 1. The molecule has 1 N–H and O–H groups in total. The smallest absolute Gasteiger partial charge is 0.310 e. The Kier molecular flexibility index (Phi) is 7.98. The molecule has 3 atom stereocenters. The van der Waals surface area contributed by atoms with E-state index in [0.29, 0.717) is 13.0 Å². The van der Waals surface area contributed by atoms with Crippen LogP contribution in [0, 0.1) is 11.8 Å². The SMILES string of the molecule is COC(=O)C1CC(c2ccccc2)N(C(=O)C2CCC(NS(=O)c3ccc(Br)cc3)CC2)C1. The molecule has 0 bridgehead atoms. The number of amides is 1. The van der Waals surface area contributed by atoms with E-state index in [2.05, 4.69) is 20.7 Å². The average molecular weight is 533 g/mol. The van der Waals surface area contributed by atoms with Crippen LogP contribution in [0.25, 0.3) is 0 Å². The molecule has 1 saturated heterocycles.